The summed E-state index contributed by atoms with van der Waals surface area (Å²) in [5.41, 5.74) is 2.78. The van der Waals surface area contributed by atoms with E-state index >= 15 is 0 Å². The van der Waals surface area contributed by atoms with Gasteiger partial charge in [0, 0.05) is 44.6 Å². The zero-order valence-corrected chi connectivity index (χ0v) is 16.1. The highest BCUT2D eigenvalue weighted by molar-refractivity contribution is 5.96. The van der Waals surface area contributed by atoms with Gasteiger partial charge in [0.25, 0.3) is 0 Å². The van der Waals surface area contributed by atoms with Crippen LogP contribution < -0.4 is 10.7 Å². The molecule has 1 aliphatic rings. The molecule has 0 bridgehead atoms. The van der Waals surface area contributed by atoms with E-state index in [1.807, 2.05) is 35.2 Å². The van der Waals surface area contributed by atoms with E-state index in [2.05, 4.69) is 9.88 Å². The average Bonchev–Trinajstić information content (AvgIpc) is 3.14. The number of nitrogens with one attached hydrogen (secondary N) is 1. The lowest BCUT2D eigenvalue weighted by Gasteiger charge is -2.36. The SMILES string of the molecule is O=C(CCCC(=O)N1CCN(c2cccc3[nH]c(=O)oc23)CC1)c1ccccc1. The van der Waals surface area contributed by atoms with Crippen LogP contribution in [0.2, 0.25) is 0 Å². The smallest absolute Gasteiger partial charge is 0.406 e. The first-order valence-electron chi connectivity index (χ1n) is 9.84. The molecule has 0 radical (unpaired) electrons. The number of nitrogens with zero attached hydrogens (tertiary/aromatic N) is 2. The predicted molar refractivity (Wildman–Crippen MR) is 110 cm³/mol. The molecule has 3 aromatic rings. The highest BCUT2D eigenvalue weighted by atomic mass is 16.4. The van der Waals surface area contributed by atoms with Gasteiger partial charge in [0.05, 0.1) is 11.2 Å². The number of ketones is 1. The fourth-order valence-electron chi connectivity index (χ4n) is 3.73. The summed E-state index contributed by atoms with van der Waals surface area (Å²) < 4.78 is 5.27. The maximum Gasteiger partial charge on any atom is 0.417 e. The Balaban J connectivity index is 1.28. The highest BCUT2D eigenvalue weighted by Crippen LogP contribution is 2.26. The number of aromatic nitrogens is 1. The summed E-state index contributed by atoms with van der Waals surface area (Å²) in [6, 6.07) is 14.8. The Labute approximate surface area is 167 Å². The van der Waals surface area contributed by atoms with Crippen molar-refractivity contribution in [1.29, 1.82) is 0 Å². The number of amides is 1. The molecule has 0 unspecified atom stereocenters. The Bertz CT molecular complexity index is 1060. The summed E-state index contributed by atoms with van der Waals surface area (Å²) in [6.45, 7) is 2.55. The van der Waals surface area contributed by atoms with Gasteiger partial charge < -0.3 is 14.2 Å². The lowest BCUT2D eigenvalue weighted by molar-refractivity contribution is -0.131. The Morgan fingerprint density at radius 3 is 2.45 bits per heavy atom. The van der Waals surface area contributed by atoms with Crippen LogP contribution in [-0.4, -0.2) is 47.8 Å². The number of aromatic amines is 1. The van der Waals surface area contributed by atoms with Crippen molar-refractivity contribution in [2.24, 2.45) is 0 Å². The zero-order valence-electron chi connectivity index (χ0n) is 16.1. The number of anilines is 1. The van der Waals surface area contributed by atoms with Crippen molar-refractivity contribution in [2.75, 3.05) is 31.1 Å². The lowest BCUT2D eigenvalue weighted by atomic mass is 10.1. The number of carbonyl (C=O) groups is 2. The van der Waals surface area contributed by atoms with Gasteiger partial charge in [-0.2, -0.15) is 0 Å². The molecule has 29 heavy (non-hydrogen) atoms. The van der Waals surface area contributed by atoms with E-state index in [-0.39, 0.29) is 11.7 Å². The number of carbonyl (C=O) groups excluding carboxylic acids is 2. The van der Waals surface area contributed by atoms with Gasteiger partial charge in [-0.15, -0.1) is 0 Å². The van der Waals surface area contributed by atoms with Gasteiger partial charge >= 0.3 is 5.76 Å². The van der Waals surface area contributed by atoms with Gasteiger partial charge in [-0.05, 0) is 18.6 Å². The van der Waals surface area contributed by atoms with Crippen LogP contribution in [0.4, 0.5) is 5.69 Å². The molecule has 2 heterocycles. The molecule has 150 valence electrons. The topological polar surface area (TPSA) is 86.6 Å². The summed E-state index contributed by atoms with van der Waals surface area (Å²) in [5.74, 6) is -0.312. The lowest BCUT2D eigenvalue weighted by Crippen LogP contribution is -2.48. The number of oxazole rings is 1. The van der Waals surface area contributed by atoms with E-state index in [0.29, 0.717) is 62.1 Å². The van der Waals surface area contributed by atoms with Gasteiger partial charge in [0.15, 0.2) is 11.4 Å². The first-order chi connectivity index (χ1) is 14.1. The normalized spacial score (nSPS) is 14.3. The van der Waals surface area contributed by atoms with Crippen LogP contribution >= 0.6 is 0 Å². The van der Waals surface area contributed by atoms with Crippen molar-refractivity contribution in [3.05, 3.63) is 64.6 Å². The number of para-hydroxylation sites is 1. The number of piperazine rings is 1. The third-order valence-electron chi connectivity index (χ3n) is 5.29. The van der Waals surface area contributed by atoms with Crippen molar-refractivity contribution in [1.82, 2.24) is 9.88 Å². The van der Waals surface area contributed by atoms with Gasteiger partial charge in [-0.1, -0.05) is 36.4 Å². The van der Waals surface area contributed by atoms with Crippen LogP contribution in [0.25, 0.3) is 11.1 Å². The van der Waals surface area contributed by atoms with Crippen LogP contribution in [-0.2, 0) is 4.79 Å². The summed E-state index contributed by atoms with van der Waals surface area (Å²) >= 11 is 0. The molecular weight excluding hydrogens is 370 g/mol. The largest absolute Gasteiger partial charge is 0.417 e. The molecule has 0 spiro atoms. The molecule has 0 atom stereocenters. The maximum atomic E-state index is 12.5. The zero-order chi connectivity index (χ0) is 20.2. The van der Waals surface area contributed by atoms with Crippen molar-refractivity contribution < 1.29 is 14.0 Å². The second kappa shape index (κ2) is 8.34. The van der Waals surface area contributed by atoms with E-state index < -0.39 is 5.76 Å². The second-order valence-electron chi connectivity index (χ2n) is 7.18. The summed E-state index contributed by atoms with van der Waals surface area (Å²) in [6.07, 6.45) is 1.31. The number of fused-ring (bicyclic) bond motifs is 1. The molecule has 4 rings (SSSR count). The van der Waals surface area contributed by atoms with Gasteiger partial charge in [0.2, 0.25) is 5.91 Å². The third kappa shape index (κ3) is 4.23. The standard InChI is InChI=1S/C22H23N3O4/c26-19(16-6-2-1-3-7-16)10-5-11-20(27)25-14-12-24(13-15-25)18-9-4-8-17-21(18)29-22(28)23-17/h1-4,6-9H,5,10-15H2,(H,23,28). The summed E-state index contributed by atoms with van der Waals surface area (Å²) in [7, 11) is 0. The number of hydrogen-bond donors (Lipinski definition) is 1. The molecule has 2 aromatic carbocycles. The van der Waals surface area contributed by atoms with E-state index in [0.717, 1.165) is 5.69 Å². The maximum absolute atomic E-state index is 12.5. The average molecular weight is 393 g/mol. The Kier molecular flexibility index (Phi) is 5.46. The Hall–Kier alpha value is -3.35. The molecule has 1 fully saturated rings. The fraction of sp³-hybridized carbons (Fsp3) is 0.318. The monoisotopic (exact) mass is 393 g/mol. The van der Waals surface area contributed by atoms with E-state index in [1.165, 1.54) is 0 Å². The van der Waals surface area contributed by atoms with Crippen LogP contribution in [0.1, 0.15) is 29.6 Å². The number of hydrogen-bond acceptors (Lipinski definition) is 5. The molecule has 7 heteroatoms. The second-order valence-corrected chi connectivity index (χ2v) is 7.18. The van der Waals surface area contributed by atoms with Gasteiger partial charge in [0.1, 0.15) is 0 Å². The quantitative estimate of drug-likeness (QED) is 0.651. The number of Topliss-reactive ketones (excluding diaryl/α,β-unsaturated/α-hetero) is 1. The first-order valence-corrected chi connectivity index (χ1v) is 9.84. The molecule has 1 N–H and O–H groups in total. The van der Waals surface area contributed by atoms with Gasteiger partial charge in [-0.3, -0.25) is 14.6 Å². The molecule has 7 nitrogen and oxygen atoms in total. The number of rotatable bonds is 6. The predicted octanol–water partition coefficient (Wildman–Crippen LogP) is 2.82. The van der Waals surface area contributed by atoms with E-state index in [1.54, 1.807) is 18.2 Å². The van der Waals surface area contributed by atoms with Crippen molar-refractivity contribution in [3.63, 3.8) is 0 Å². The third-order valence-corrected chi connectivity index (χ3v) is 5.29. The minimum Gasteiger partial charge on any atom is -0.406 e. The molecule has 0 aliphatic carbocycles. The molecule has 1 aromatic heterocycles. The molecule has 0 saturated carbocycles. The Morgan fingerprint density at radius 2 is 1.69 bits per heavy atom. The molecule has 1 saturated heterocycles. The molecular formula is C22H23N3O4. The van der Waals surface area contributed by atoms with E-state index in [4.69, 9.17) is 4.42 Å². The first kappa shape index (κ1) is 19.0. The Morgan fingerprint density at radius 1 is 0.931 bits per heavy atom. The van der Waals surface area contributed by atoms with Crippen molar-refractivity contribution >= 4 is 28.5 Å². The molecule has 1 aliphatic heterocycles. The van der Waals surface area contributed by atoms with Crippen LogP contribution in [0, 0.1) is 0 Å². The van der Waals surface area contributed by atoms with Crippen LogP contribution in [0.3, 0.4) is 0 Å². The number of H-pyrrole nitrogens is 1. The minimum atomic E-state index is -0.466. The van der Waals surface area contributed by atoms with E-state index in [9.17, 15) is 14.4 Å². The summed E-state index contributed by atoms with van der Waals surface area (Å²) in [4.78, 5) is 42.8. The fourth-order valence-corrected chi connectivity index (χ4v) is 3.73. The van der Waals surface area contributed by atoms with Crippen molar-refractivity contribution in [3.8, 4) is 0 Å². The van der Waals surface area contributed by atoms with Crippen molar-refractivity contribution in [2.45, 2.75) is 19.3 Å². The highest BCUT2D eigenvalue weighted by Gasteiger charge is 2.23. The molecule has 1 amide bonds. The summed E-state index contributed by atoms with van der Waals surface area (Å²) in [5, 5.41) is 0. The van der Waals surface area contributed by atoms with Crippen LogP contribution in [0.15, 0.2) is 57.7 Å². The van der Waals surface area contributed by atoms with Gasteiger partial charge in [-0.25, -0.2) is 4.79 Å². The minimum absolute atomic E-state index is 0.0734. The van der Waals surface area contributed by atoms with Crippen LogP contribution in [0.5, 0.6) is 0 Å². The number of benzene rings is 2.